The summed E-state index contributed by atoms with van der Waals surface area (Å²) in [6, 6.07) is 0. The van der Waals surface area contributed by atoms with Crippen molar-refractivity contribution in [3.63, 3.8) is 0 Å². The number of hydrogen-bond acceptors (Lipinski definition) is 5. The lowest BCUT2D eigenvalue weighted by Crippen LogP contribution is -2.36. The molecular weight excluding hydrogens is 266 g/mol. The van der Waals surface area contributed by atoms with Crippen LogP contribution in [0.15, 0.2) is 4.52 Å². The molecule has 3 rings (SSSR count). The van der Waals surface area contributed by atoms with Crippen LogP contribution in [0.25, 0.3) is 0 Å². The number of hydrogen-bond donors (Lipinski definition) is 1. The molecule has 1 aromatic rings. The van der Waals surface area contributed by atoms with Crippen molar-refractivity contribution in [2.75, 3.05) is 19.7 Å². The predicted octanol–water partition coefficient (Wildman–Crippen LogP) is 2.83. The van der Waals surface area contributed by atoms with Crippen LogP contribution in [0.5, 0.6) is 0 Å². The van der Waals surface area contributed by atoms with Crippen LogP contribution in [0.1, 0.15) is 64.1 Å². The van der Waals surface area contributed by atoms with Gasteiger partial charge in [0.2, 0.25) is 11.7 Å². The van der Waals surface area contributed by atoms with Crippen molar-refractivity contribution >= 4 is 0 Å². The topological polar surface area (TPSA) is 60.2 Å². The summed E-state index contributed by atoms with van der Waals surface area (Å²) in [4.78, 5) is 4.75. The predicted molar refractivity (Wildman–Crippen MR) is 80.0 cm³/mol. The van der Waals surface area contributed by atoms with Crippen LogP contribution < -0.4 is 5.32 Å². The second-order valence-corrected chi connectivity index (χ2v) is 6.83. The maximum atomic E-state index is 6.13. The Kier molecular flexibility index (Phi) is 4.31. The van der Waals surface area contributed by atoms with E-state index in [1.807, 2.05) is 6.92 Å². The number of aromatic nitrogens is 2. The first-order valence-corrected chi connectivity index (χ1v) is 8.33. The van der Waals surface area contributed by atoms with Gasteiger partial charge in [0.1, 0.15) is 5.60 Å². The van der Waals surface area contributed by atoms with E-state index < -0.39 is 0 Å². The molecule has 2 fully saturated rings. The summed E-state index contributed by atoms with van der Waals surface area (Å²) in [6.07, 6.45) is 4.44. The Bertz CT molecular complexity index is 472. The van der Waals surface area contributed by atoms with Gasteiger partial charge in [0.15, 0.2) is 0 Å². The van der Waals surface area contributed by atoms with E-state index in [0.717, 1.165) is 37.6 Å². The second-order valence-electron chi connectivity index (χ2n) is 6.83. The third-order valence-corrected chi connectivity index (χ3v) is 5.06. The highest BCUT2D eigenvalue weighted by molar-refractivity contribution is 5.08. The average Bonchev–Trinajstić information content (AvgIpc) is 3.07. The standard InChI is InChI=1S/C16H27N3O2/c1-4-20-16(7-5-6-11(2)8-16)15-18-14(21-19-15)13-10-17-9-12(13)3/h11-13,17H,4-10H2,1-3H3/t11?,12-,13-,16?/m1/s1. The van der Waals surface area contributed by atoms with E-state index in [9.17, 15) is 0 Å². The Balaban J connectivity index is 1.85. The van der Waals surface area contributed by atoms with Gasteiger partial charge in [0.25, 0.3) is 0 Å². The molecule has 0 spiro atoms. The van der Waals surface area contributed by atoms with Gasteiger partial charge in [-0.1, -0.05) is 25.4 Å². The quantitative estimate of drug-likeness (QED) is 0.925. The van der Waals surface area contributed by atoms with Crippen molar-refractivity contribution in [1.82, 2.24) is 15.5 Å². The molecule has 2 unspecified atom stereocenters. The van der Waals surface area contributed by atoms with Crippen LogP contribution in [0.4, 0.5) is 0 Å². The first kappa shape index (κ1) is 15.0. The zero-order chi connectivity index (χ0) is 14.9. The maximum Gasteiger partial charge on any atom is 0.231 e. The molecule has 2 heterocycles. The average molecular weight is 293 g/mol. The summed E-state index contributed by atoms with van der Waals surface area (Å²) < 4.78 is 11.7. The largest absolute Gasteiger partial charge is 0.367 e. The molecule has 2 aliphatic rings. The Morgan fingerprint density at radius 2 is 2.24 bits per heavy atom. The van der Waals surface area contributed by atoms with Crippen LogP contribution in [-0.2, 0) is 10.3 Å². The first-order valence-electron chi connectivity index (χ1n) is 8.33. The Morgan fingerprint density at radius 3 is 2.90 bits per heavy atom. The molecule has 0 radical (unpaired) electrons. The molecule has 1 saturated heterocycles. The fourth-order valence-corrected chi connectivity index (χ4v) is 3.89. The van der Waals surface area contributed by atoms with E-state index in [1.165, 1.54) is 12.8 Å². The van der Waals surface area contributed by atoms with Crippen molar-refractivity contribution < 1.29 is 9.26 Å². The third kappa shape index (κ3) is 2.86. The summed E-state index contributed by atoms with van der Waals surface area (Å²) in [5.41, 5.74) is -0.330. The van der Waals surface area contributed by atoms with Crippen LogP contribution in [-0.4, -0.2) is 29.8 Å². The van der Waals surface area contributed by atoms with Gasteiger partial charge in [0.05, 0.1) is 5.92 Å². The Hall–Kier alpha value is -0.940. The number of ether oxygens (including phenoxy) is 1. The van der Waals surface area contributed by atoms with Crippen LogP contribution >= 0.6 is 0 Å². The minimum Gasteiger partial charge on any atom is -0.367 e. The highest BCUT2D eigenvalue weighted by Gasteiger charge is 2.42. The molecule has 5 nitrogen and oxygen atoms in total. The van der Waals surface area contributed by atoms with E-state index in [4.69, 9.17) is 14.2 Å². The molecule has 4 atom stereocenters. The smallest absolute Gasteiger partial charge is 0.231 e. The summed E-state index contributed by atoms with van der Waals surface area (Å²) in [5.74, 6) is 3.08. The molecule has 5 heteroatoms. The lowest BCUT2D eigenvalue weighted by atomic mass is 9.78. The molecule has 1 N–H and O–H groups in total. The molecule has 0 bridgehead atoms. The molecule has 0 aromatic carbocycles. The van der Waals surface area contributed by atoms with E-state index in [0.29, 0.717) is 24.4 Å². The lowest BCUT2D eigenvalue weighted by molar-refractivity contribution is -0.0891. The number of nitrogens with zero attached hydrogens (tertiary/aromatic N) is 2. The first-order chi connectivity index (χ1) is 10.1. The molecule has 0 amide bonds. The number of nitrogens with one attached hydrogen (secondary N) is 1. The van der Waals surface area contributed by atoms with Crippen LogP contribution in [0, 0.1) is 11.8 Å². The van der Waals surface area contributed by atoms with Gasteiger partial charge in [-0.05, 0) is 44.6 Å². The minimum absolute atomic E-state index is 0.330. The zero-order valence-corrected chi connectivity index (χ0v) is 13.4. The van der Waals surface area contributed by atoms with Crippen molar-refractivity contribution in [1.29, 1.82) is 0 Å². The van der Waals surface area contributed by atoms with Gasteiger partial charge in [-0.15, -0.1) is 0 Å². The van der Waals surface area contributed by atoms with E-state index in [2.05, 4.69) is 24.3 Å². The minimum atomic E-state index is -0.330. The van der Waals surface area contributed by atoms with E-state index in [-0.39, 0.29) is 5.60 Å². The van der Waals surface area contributed by atoms with Crippen molar-refractivity contribution in [2.24, 2.45) is 11.8 Å². The van der Waals surface area contributed by atoms with Crippen LogP contribution in [0.3, 0.4) is 0 Å². The lowest BCUT2D eigenvalue weighted by Gasteiger charge is -2.37. The van der Waals surface area contributed by atoms with E-state index in [1.54, 1.807) is 0 Å². The van der Waals surface area contributed by atoms with Crippen molar-refractivity contribution in [3.05, 3.63) is 11.7 Å². The Labute approximate surface area is 126 Å². The molecule has 1 aliphatic carbocycles. The van der Waals surface area contributed by atoms with Gasteiger partial charge >= 0.3 is 0 Å². The molecular formula is C16H27N3O2. The zero-order valence-electron chi connectivity index (χ0n) is 13.4. The maximum absolute atomic E-state index is 6.13. The monoisotopic (exact) mass is 293 g/mol. The highest BCUT2D eigenvalue weighted by Crippen LogP contribution is 2.42. The summed E-state index contributed by atoms with van der Waals surface area (Å²) in [7, 11) is 0. The normalized spacial score (nSPS) is 37.0. The van der Waals surface area contributed by atoms with Gasteiger partial charge in [0, 0.05) is 13.2 Å². The third-order valence-electron chi connectivity index (χ3n) is 5.06. The fourth-order valence-electron chi connectivity index (χ4n) is 3.89. The van der Waals surface area contributed by atoms with E-state index >= 15 is 0 Å². The van der Waals surface area contributed by atoms with Crippen molar-refractivity contribution in [2.45, 2.75) is 58.0 Å². The molecule has 1 saturated carbocycles. The van der Waals surface area contributed by atoms with Crippen LogP contribution in [0.2, 0.25) is 0 Å². The SMILES string of the molecule is CCOC1(c2noc([C@@H]3CNC[C@H]3C)n2)CCCC(C)C1. The summed E-state index contributed by atoms with van der Waals surface area (Å²) >= 11 is 0. The summed E-state index contributed by atoms with van der Waals surface area (Å²) in [6.45, 7) is 9.21. The number of rotatable bonds is 4. The van der Waals surface area contributed by atoms with Gasteiger partial charge in [-0.2, -0.15) is 4.98 Å². The molecule has 118 valence electrons. The molecule has 1 aliphatic heterocycles. The highest BCUT2D eigenvalue weighted by atomic mass is 16.5. The summed E-state index contributed by atoms with van der Waals surface area (Å²) in [5, 5.41) is 7.70. The molecule has 21 heavy (non-hydrogen) atoms. The Morgan fingerprint density at radius 1 is 1.38 bits per heavy atom. The van der Waals surface area contributed by atoms with Gasteiger partial charge in [-0.25, -0.2) is 0 Å². The molecule has 1 aromatic heterocycles. The van der Waals surface area contributed by atoms with Crippen molar-refractivity contribution in [3.8, 4) is 0 Å². The van der Waals surface area contributed by atoms with Gasteiger partial charge in [-0.3, -0.25) is 0 Å². The fraction of sp³-hybridized carbons (Fsp3) is 0.875. The second kappa shape index (κ2) is 6.05. The van der Waals surface area contributed by atoms with Gasteiger partial charge < -0.3 is 14.6 Å².